The van der Waals surface area contributed by atoms with Gasteiger partial charge in [0, 0.05) is 56.9 Å². The number of anilines is 10. The first-order valence-electron chi connectivity index (χ1n) is 25.3. The summed E-state index contributed by atoms with van der Waals surface area (Å²) in [6, 6.07) is 106. The fourth-order valence-electron chi connectivity index (χ4n) is 8.84. The highest BCUT2D eigenvalue weighted by Gasteiger charge is 2.14. The van der Waals surface area contributed by atoms with Crippen LogP contribution in [0.4, 0.5) is 56.9 Å². The third-order valence-corrected chi connectivity index (χ3v) is 12.7. The Kier molecular flexibility index (Phi) is 18.3. The first-order valence-corrected chi connectivity index (χ1v) is 25.3. The minimum absolute atomic E-state index is 0. The zero-order valence-corrected chi connectivity index (χ0v) is 42.2. The second-order valence-electron chi connectivity index (χ2n) is 18.3. The van der Waals surface area contributed by atoms with Crippen molar-refractivity contribution in [1.29, 1.82) is 0 Å². The van der Waals surface area contributed by atoms with E-state index in [2.05, 4.69) is 289 Å². The van der Waals surface area contributed by atoms with E-state index in [1.807, 2.05) is 43.3 Å². The summed E-state index contributed by atoms with van der Waals surface area (Å²) < 4.78 is 0. The maximum atomic E-state index is 5.43. The van der Waals surface area contributed by atoms with E-state index in [1.165, 1.54) is 50.4 Å². The van der Waals surface area contributed by atoms with Crippen molar-refractivity contribution in [2.24, 2.45) is 0 Å². The zero-order valence-electron chi connectivity index (χ0n) is 42.2. The Morgan fingerprint density at radius 2 is 0.400 bits per heavy atom. The maximum Gasteiger partial charge on any atom is 0.0461 e. The van der Waals surface area contributed by atoms with Gasteiger partial charge in [0.05, 0.1) is 0 Å². The van der Waals surface area contributed by atoms with Crippen LogP contribution < -0.4 is 20.4 Å². The summed E-state index contributed by atoms with van der Waals surface area (Å²) in [4.78, 5) is 6.86. The molecule has 0 amide bonds. The Hall–Kier alpha value is -9.38. The fraction of sp³-hybridized carbons (Fsp3) is 0.0704. The second kappa shape index (κ2) is 26.4. The van der Waals surface area contributed by atoms with Gasteiger partial charge in [-0.15, -0.1) is 0 Å². The minimum Gasteiger partial charge on any atom is -0.399 e. The van der Waals surface area contributed by atoms with Gasteiger partial charge in [0.25, 0.3) is 0 Å². The molecule has 0 heterocycles. The van der Waals surface area contributed by atoms with Crippen LogP contribution in [0.15, 0.2) is 303 Å². The zero-order chi connectivity index (χ0) is 50.7. The van der Waals surface area contributed by atoms with Gasteiger partial charge in [-0.2, -0.15) is 0 Å². The van der Waals surface area contributed by atoms with E-state index in [0.29, 0.717) is 0 Å². The molecule has 0 spiro atoms. The van der Waals surface area contributed by atoms with Gasteiger partial charge in [-0.1, -0.05) is 201 Å². The largest absolute Gasteiger partial charge is 0.399 e. The first kappa shape index (κ1) is 52.0. The summed E-state index contributed by atoms with van der Waals surface area (Å²) in [7, 11) is 0. The number of nitrogens with two attached hydrogens (primary N) is 1. The van der Waals surface area contributed by atoms with Gasteiger partial charge in [-0.25, -0.2) is 0 Å². The number of hydrogen-bond donors (Lipinski definition) is 1. The van der Waals surface area contributed by atoms with Gasteiger partial charge in [0.15, 0.2) is 0 Å². The topological polar surface area (TPSA) is 35.7 Å². The lowest BCUT2D eigenvalue weighted by Gasteiger charge is -2.25. The van der Waals surface area contributed by atoms with Crippen molar-refractivity contribution in [1.82, 2.24) is 0 Å². The molecule has 0 aliphatic rings. The molecule has 0 saturated heterocycles. The number of rotatable bonds is 13. The molecule has 4 nitrogen and oxygen atoms in total. The lowest BCUT2D eigenvalue weighted by Crippen LogP contribution is -2.09. The van der Waals surface area contributed by atoms with Gasteiger partial charge in [-0.05, 0) is 170 Å². The molecule has 11 rings (SSSR count). The van der Waals surface area contributed by atoms with Gasteiger partial charge in [0.1, 0.15) is 0 Å². The number of nitrogen functional groups attached to an aromatic ring is 1. The predicted molar refractivity (Wildman–Crippen MR) is 322 cm³/mol. The van der Waals surface area contributed by atoms with Crippen LogP contribution in [-0.2, 0) is 12.8 Å². The summed E-state index contributed by atoms with van der Waals surface area (Å²) in [5, 5.41) is 0. The molecule has 4 heteroatoms. The molecule has 0 radical (unpaired) electrons. The molecule has 0 aliphatic carbocycles. The Balaban J connectivity index is 0.000000211. The van der Waals surface area contributed by atoms with Crippen LogP contribution >= 0.6 is 0 Å². The molecular formula is C71H66N4. The Morgan fingerprint density at radius 1 is 0.227 bits per heavy atom. The molecule has 370 valence electrons. The number of benzene rings is 11. The minimum atomic E-state index is 0. The molecule has 0 aromatic heterocycles. The summed E-state index contributed by atoms with van der Waals surface area (Å²) >= 11 is 0. The molecule has 75 heavy (non-hydrogen) atoms. The predicted octanol–water partition coefficient (Wildman–Crippen LogP) is 19.5. The van der Waals surface area contributed by atoms with Crippen LogP contribution in [-0.4, -0.2) is 0 Å². The summed E-state index contributed by atoms with van der Waals surface area (Å²) in [6.07, 6.45) is 1.81. The van der Waals surface area contributed by atoms with Gasteiger partial charge in [0.2, 0.25) is 0 Å². The van der Waals surface area contributed by atoms with Crippen LogP contribution in [0.2, 0.25) is 0 Å². The van der Waals surface area contributed by atoms with E-state index < -0.39 is 0 Å². The van der Waals surface area contributed by atoms with Crippen LogP contribution in [0.1, 0.15) is 40.8 Å². The Morgan fingerprint density at radius 3 is 0.613 bits per heavy atom. The van der Waals surface area contributed by atoms with Crippen LogP contribution in [0.3, 0.4) is 0 Å². The van der Waals surface area contributed by atoms with E-state index in [4.69, 9.17) is 5.73 Å². The molecule has 0 unspecified atom stereocenters. The maximum absolute atomic E-state index is 5.43. The molecule has 2 N–H and O–H groups in total. The summed E-state index contributed by atoms with van der Waals surface area (Å²) in [5.74, 6) is 0. The van der Waals surface area contributed by atoms with Crippen molar-refractivity contribution in [3.05, 3.63) is 337 Å². The Labute approximate surface area is 445 Å². The molecule has 0 atom stereocenters. The molecule has 11 aromatic rings. The first-order chi connectivity index (χ1) is 36.4. The second-order valence-corrected chi connectivity index (χ2v) is 18.3. The molecule has 0 bridgehead atoms. The number of nitrogens with zero attached hydrogens (tertiary/aromatic N) is 3. The number of hydrogen-bond acceptors (Lipinski definition) is 4. The van der Waals surface area contributed by atoms with Gasteiger partial charge < -0.3 is 20.4 Å². The normalized spacial score (nSPS) is 10.3. The molecule has 11 aromatic carbocycles. The SMILES string of the molecule is C.Cc1ccc(N(c2ccccc2)c2ccccc2)cc1.Cc1ccc(N)cc1.c1ccc(N(c2ccccc2)c2ccc(Cc3ccc(Cc4ccc(N(c5ccccc5)c5ccccc5)cc4)cc3)cc2)cc1. The lowest BCUT2D eigenvalue weighted by atomic mass is 10.00. The van der Waals surface area contributed by atoms with Crippen LogP contribution in [0.5, 0.6) is 0 Å². The molecular weight excluding hydrogens is 909 g/mol. The quantitative estimate of drug-likeness (QED) is 0.117. The molecule has 0 saturated carbocycles. The monoisotopic (exact) mass is 975 g/mol. The van der Waals surface area contributed by atoms with E-state index in [0.717, 1.165) is 52.7 Å². The highest BCUT2D eigenvalue weighted by molar-refractivity contribution is 5.78. The highest BCUT2D eigenvalue weighted by Crippen LogP contribution is 2.37. The standard InChI is InChI=1S/C44H36N2.C19H17N.C7H9N.CH4/c1-5-13-39(14-6-1)45(40-15-7-2-8-16-40)43-29-25-37(26-30-43)33-35-21-23-36(24-22-35)34-38-27-31-44(32-28-38)46(41-17-9-3-10-18-41)42-19-11-4-12-20-42;1-16-12-14-19(15-13-16)20(17-8-4-2-5-9-17)18-10-6-3-7-11-18;1-6-2-4-7(8)5-3-6;/h1-32H,33-34H2;2-15H,1H3;2-5H,8H2,1H3;1H4. The summed E-state index contributed by atoms with van der Waals surface area (Å²) in [5.41, 5.74) is 24.4. The Bertz CT molecular complexity index is 3050. The smallest absolute Gasteiger partial charge is 0.0461 e. The lowest BCUT2D eigenvalue weighted by molar-refractivity contribution is 1.15. The molecule has 0 fully saturated rings. The number of para-hydroxylation sites is 6. The van der Waals surface area contributed by atoms with E-state index >= 15 is 0 Å². The van der Waals surface area contributed by atoms with Crippen molar-refractivity contribution < 1.29 is 0 Å². The van der Waals surface area contributed by atoms with Gasteiger partial charge in [-0.3, -0.25) is 0 Å². The average Bonchev–Trinajstić information content (AvgIpc) is 3.46. The van der Waals surface area contributed by atoms with Crippen molar-refractivity contribution in [2.45, 2.75) is 34.1 Å². The van der Waals surface area contributed by atoms with Crippen molar-refractivity contribution in [2.75, 3.05) is 20.4 Å². The third-order valence-electron chi connectivity index (χ3n) is 12.7. The van der Waals surface area contributed by atoms with Crippen molar-refractivity contribution in [3.63, 3.8) is 0 Å². The fourth-order valence-corrected chi connectivity index (χ4v) is 8.84. The highest BCUT2D eigenvalue weighted by atomic mass is 15.2. The third kappa shape index (κ3) is 14.4. The van der Waals surface area contributed by atoms with E-state index in [1.54, 1.807) is 0 Å². The van der Waals surface area contributed by atoms with Gasteiger partial charge >= 0.3 is 0 Å². The summed E-state index contributed by atoms with van der Waals surface area (Å²) in [6.45, 7) is 4.15. The van der Waals surface area contributed by atoms with Crippen molar-refractivity contribution >= 4 is 56.9 Å². The van der Waals surface area contributed by atoms with E-state index in [-0.39, 0.29) is 7.43 Å². The van der Waals surface area contributed by atoms with Crippen molar-refractivity contribution in [3.8, 4) is 0 Å². The number of aryl methyl sites for hydroxylation is 2. The van der Waals surface area contributed by atoms with Crippen LogP contribution in [0, 0.1) is 13.8 Å². The average molecular weight is 975 g/mol. The van der Waals surface area contributed by atoms with Crippen LogP contribution in [0.25, 0.3) is 0 Å². The molecule has 0 aliphatic heterocycles. The van der Waals surface area contributed by atoms with E-state index in [9.17, 15) is 0 Å².